The molecule has 1 N–H and O–H groups in total. The van der Waals surface area contributed by atoms with Crippen molar-refractivity contribution in [3.05, 3.63) is 59.7 Å². The largest absolute Gasteiger partial charge is 0.313 e. The molecular weight excluding hydrogens is 254 g/mol. The lowest BCUT2D eigenvalue weighted by atomic mass is 9.79. The van der Waals surface area contributed by atoms with Crippen molar-refractivity contribution in [2.75, 3.05) is 6.54 Å². The van der Waals surface area contributed by atoms with Crippen LogP contribution in [-0.2, 0) is 6.54 Å². The average Bonchev–Trinajstić information content (AvgIpc) is 2.47. The minimum absolute atomic E-state index is 0.805. The van der Waals surface area contributed by atoms with Gasteiger partial charge in [-0.3, -0.25) is 0 Å². The Hall–Kier alpha value is -1.60. The van der Waals surface area contributed by atoms with E-state index in [0.717, 1.165) is 19.0 Å². The monoisotopic (exact) mass is 279 g/mol. The van der Waals surface area contributed by atoms with Crippen LogP contribution in [0.5, 0.6) is 0 Å². The molecule has 0 aliphatic heterocycles. The Balaban J connectivity index is 1.77. The second kappa shape index (κ2) is 6.91. The summed E-state index contributed by atoms with van der Waals surface area (Å²) in [4.78, 5) is 0. The fraction of sp³-hybridized carbons (Fsp3) is 0.400. The first-order valence-electron chi connectivity index (χ1n) is 8.27. The fourth-order valence-corrected chi connectivity index (χ4v) is 2.98. The van der Waals surface area contributed by atoms with Gasteiger partial charge in [0.2, 0.25) is 0 Å². The van der Waals surface area contributed by atoms with Crippen LogP contribution in [-0.4, -0.2) is 6.54 Å². The van der Waals surface area contributed by atoms with Crippen molar-refractivity contribution in [1.82, 2.24) is 5.32 Å². The van der Waals surface area contributed by atoms with Crippen molar-refractivity contribution in [3.8, 4) is 11.1 Å². The number of hydrogen-bond donors (Lipinski definition) is 1. The Labute approximate surface area is 128 Å². The standard InChI is InChI=1S/C20H25N/c1-2-12-21-15-16-6-3-9-18(13-16)20-11-5-10-19(14-20)17-7-4-8-17/h3,5-6,9-11,13-14,17,21H,2,4,7-8,12,15H2,1H3. The SMILES string of the molecule is CCCNCc1cccc(-c2cccc(C3CCC3)c2)c1. The van der Waals surface area contributed by atoms with E-state index in [2.05, 4.69) is 60.8 Å². The van der Waals surface area contributed by atoms with E-state index >= 15 is 0 Å². The molecule has 110 valence electrons. The van der Waals surface area contributed by atoms with Crippen LogP contribution in [0.15, 0.2) is 48.5 Å². The van der Waals surface area contributed by atoms with Crippen molar-refractivity contribution in [1.29, 1.82) is 0 Å². The number of hydrogen-bond acceptors (Lipinski definition) is 1. The van der Waals surface area contributed by atoms with Gasteiger partial charge in [-0.05, 0) is 60.0 Å². The molecule has 1 aliphatic rings. The summed E-state index contributed by atoms with van der Waals surface area (Å²) in [6, 6.07) is 18.1. The smallest absolute Gasteiger partial charge is 0.0205 e. The lowest BCUT2D eigenvalue weighted by molar-refractivity contribution is 0.420. The molecule has 0 unspecified atom stereocenters. The van der Waals surface area contributed by atoms with Gasteiger partial charge >= 0.3 is 0 Å². The molecule has 0 radical (unpaired) electrons. The minimum Gasteiger partial charge on any atom is -0.313 e. The summed E-state index contributed by atoms with van der Waals surface area (Å²) >= 11 is 0. The van der Waals surface area contributed by atoms with Gasteiger partial charge in [0.1, 0.15) is 0 Å². The summed E-state index contributed by atoms with van der Waals surface area (Å²) in [5.41, 5.74) is 5.59. The molecule has 2 aromatic carbocycles. The molecule has 1 nitrogen and oxygen atoms in total. The zero-order valence-electron chi connectivity index (χ0n) is 12.9. The van der Waals surface area contributed by atoms with E-state index < -0.39 is 0 Å². The molecule has 1 heteroatoms. The maximum Gasteiger partial charge on any atom is 0.0205 e. The molecule has 21 heavy (non-hydrogen) atoms. The van der Waals surface area contributed by atoms with Gasteiger partial charge in [0.05, 0.1) is 0 Å². The topological polar surface area (TPSA) is 12.0 Å². The number of rotatable bonds is 6. The Morgan fingerprint density at radius 3 is 2.48 bits per heavy atom. The quantitative estimate of drug-likeness (QED) is 0.724. The first-order valence-corrected chi connectivity index (χ1v) is 8.27. The Kier molecular flexibility index (Phi) is 4.72. The highest BCUT2D eigenvalue weighted by Gasteiger charge is 2.19. The van der Waals surface area contributed by atoms with Gasteiger partial charge in [-0.1, -0.05) is 55.8 Å². The Morgan fingerprint density at radius 1 is 1.00 bits per heavy atom. The minimum atomic E-state index is 0.805. The van der Waals surface area contributed by atoms with Gasteiger partial charge in [-0.2, -0.15) is 0 Å². The van der Waals surface area contributed by atoms with E-state index in [1.54, 1.807) is 0 Å². The van der Waals surface area contributed by atoms with Gasteiger partial charge in [0.25, 0.3) is 0 Å². The molecule has 1 fully saturated rings. The highest BCUT2D eigenvalue weighted by Crippen LogP contribution is 2.37. The molecule has 0 atom stereocenters. The third kappa shape index (κ3) is 3.54. The summed E-state index contributed by atoms with van der Waals surface area (Å²) < 4.78 is 0. The molecule has 0 aromatic heterocycles. The summed E-state index contributed by atoms with van der Waals surface area (Å²) in [6.07, 6.45) is 5.31. The molecule has 2 aromatic rings. The zero-order valence-corrected chi connectivity index (χ0v) is 12.9. The van der Waals surface area contributed by atoms with E-state index in [1.807, 2.05) is 0 Å². The van der Waals surface area contributed by atoms with Crippen LogP contribution < -0.4 is 5.32 Å². The second-order valence-corrected chi connectivity index (χ2v) is 6.13. The van der Waals surface area contributed by atoms with E-state index in [4.69, 9.17) is 0 Å². The van der Waals surface area contributed by atoms with Crippen molar-refractivity contribution in [2.45, 2.75) is 45.1 Å². The molecule has 3 rings (SSSR count). The van der Waals surface area contributed by atoms with Gasteiger partial charge < -0.3 is 5.32 Å². The van der Waals surface area contributed by atoms with Crippen LogP contribution in [0, 0.1) is 0 Å². The highest BCUT2D eigenvalue weighted by molar-refractivity contribution is 5.65. The first kappa shape index (κ1) is 14.3. The predicted molar refractivity (Wildman–Crippen MR) is 90.5 cm³/mol. The zero-order chi connectivity index (χ0) is 14.5. The predicted octanol–water partition coefficient (Wildman–Crippen LogP) is 5.12. The van der Waals surface area contributed by atoms with Crippen molar-refractivity contribution in [3.63, 3.8) is 0 Å². The van der Waals surface area contributed by atoms with Crippen molar-refractivity contribution < 1.29 is 0 Å². The first-order chi connectivity index (χ1) is 10.4. The third-order valence-corrected chi connectivity index (χ3v) is 4.48. The highest BCUT2D eigenvalue weighted by atomic mass is 14.8. The van der Waals surface area contributed by atoms with Crippen LogP contribution in [0.4, 0.5) is 0 Å². The summed E-state index contributed by atoms with van der Waals surface area (Å²) in [7, 11) is 0. The van der Waals surface area contributed by atoms with Crippen LogP contribution >= 0.6 is 0 Å². The molecular formula is C20H25N. The van der Waals surface area contributed by atoms with Crippen LogP contribution in [0.3, 0.4) is 0 Å². The van der Waals surface area contributed by atoms with Crippen LogP contribution in [0.1, 0.15) is 49.7 Å². The van der Waals surface area contributed by atoms with Gasteiger partial charge in [0, 0.05) is 6.54 Å². The van der Waals surface area contributed by atoms with Crippen LogP contribution in [0.2, 0.25) is 0 Å². The van der Waals surface area contributed by atoms with E-state index in [1.165, 1.54) is 47.9 Å². The van der Waals surface area contributed by atoms with Crippen molar-refractivity contribution >= 4 is 0 Å². The maximum atomic E-state index is 3.48. The lowest BCUT2D eigenvalue weighted by Gasteiger charge is -2.26. The van der Waals surface area contributed by atoms with Gasteiger partial charge in [-0.25, -0.2) is 0 Å². The molecule has 0 saturated heterocycles. The molecule has 0 bridgehead atoms. The molecule has 1 saturated carbocycles. The summed E-state index contributed by atoms with van der Waals surface area (Å²) in [5.74, 6) is 0.805. The Morgan fingerprint density at radius 2 is 1.76 bits per heavy atom. The summed E-state index contributed by atoms with van der Waals surface area (Å²) in [5, 5.41) is 3.48. The van der Waals surface area contributed by atoms with Gasteiger partial charge in [0.15, 0.2) is 0 Å². The van der Waals surface area contributed by atoms with Crippen molar-refractivity contribution in [2.24, 2.45) is 0 Å². The van der Waals surface area contributed by atoms with Crippen LogP contribution in [0.25, 0.3) is 11.1 Å². The number of nitrogens with one attached hydrogen (secondary N) is 1. The van der Waals surface area contributed by atoms with Gasteiger partial charge in [-0.15, -0.1) is 0 Å². The van der Waals surface area contributed by atoms with E-state index in [0.29, 0.717) is 0 Å². The summed E-state index contributed by atoms with van der Waals surface area (Å²) in [6.45, 7) is 4.25. The molecule has 0 spiro atoms. The molecule has 0 amide bonds. The molecule has 1 aliphatic carbocycles. The number of benzene rings is 2. The third-order valence-electron chi connectivity index (χ3n) is 4.48. The normalized spacial score (nSPS) is 14.9. The molecule has 0 heterocycles. The van der Waals surface area contributed by atoms with E-state index in [9.17, 15) is 0 Å². The lowest BCUT2D eigenvalue weighted by Crippen LogP contribution is -2.13. The average molecular weight is 279 g/mol. The fourth-order valence-electron chi connectivity index (χ4n) is 2.98. The Bertz CT molecular complexity index is 584. The maximum absolute atomic E-state index is 3.48. The second-order valence-electron chi connectivity index (χ2n) is 6.13. The van der Waals surface area contributed by atoms with E-state index in [-0.39, 0.29) is 0 Å².